The molecule has 0 aliphatic carbocycles. The molecule has 8 nitrogen and oxygen atoms in total. The monoisotopic (exact) mass is 378 g/mol. The summed E-state index contributed by atoms with van der Waals surface area (Å²) in [6.45, 7) is 1.33. The van der Waals surface area contributed by atoms with E-state index in [1.54, 1.807) is 24.3 Å². The summed E-state index contributed by atoms with van der Waals surface area (Å²) in [6.07, 6.45) is -1.12. The zero-order chi connectivity index (χ0) is 19.3. The quantitative estimate of drug-likeness (QED) is 0.704. The molecule has 0 heterocycles. The fourth-order valence-corrected chi connectivity index (χ4v) is 3.05. The molecule has 0 aromatic heterocycles. The number of hydrogen-bond acceptors (Lipinski definition) is 6. The van der Waals surface area contributed by atoms with Crippen molar-refractivity contribution in [3.05, 3.63) is 54.1 Å². The molecule has 0 radical (unpaired) electrons. The van der Waals surface area contributed by atoms with Crippen molar-refractivity contribution in [1.29, 1.82) is 0 Å². The highest BCUT2D eigenvalue weighted by Crippen LogP contribution is 2.20. The molecule has 0 saturated heterocycles. The normalized spacial score (nSPS) is 12.1. The Bertz CT molecular complexity index is 909. The number of nitrogens with two attached hydrogens (primary N) is 1. The molecular weight excluding hydrogens is 360 g/mol. The van der Waals surface area contributed by atoms with Gasteiger partial charge in [-0.05, 0) is 49.4 Å². The number of rotatable bonds is 7. The fraction of sp³-hybridized carbons (Fsp3) is 0.176. The second kappa shape index (κ2) is 7.87. The number of ether oxygens (including phenoxy) is 2. The SMILES string of the molecule is COc1ccc(NS(=O)(=O)c2cccc(C(=O)O[C@H](C)C(N)=O)c2)cc1. The summed E-state index contributed by atoms with van der Waals surface area (Å²) in [5.41, 5.74) is 5.35. The molecule has 2 rings (SSSR count). The van der Waals surface area contributed by atoms with Gasteiger partial charge >= 0.3 is 5.97 Å². The van der Waals surface area contributed by atoms with Crippen LogP contribution in [0.25, 0.3) is 0 Å². The van der Waals surface area contributed by atoms with Crippen molar-refractivity contribution in [3.8, 4) is 5.75 Å². The average Bonchev–Trinajstić information content (AvgIpc) is 2.62. The molecule has 0 fully saturated rings. The summed E-state index contributed by atoms with van der Waals surface area (Å²) >= 11 is 0. The van der Waals surface area contributed by atoms with Crippen molar-refractivity contribution in [2.75, 3.05) is 11.8 Å². The van der Waals surface area contributed by atoms with Gasteiger partial charge in [0, 0.05) is 5.69 Å². The number of anilines is 1. The molecule has 9 heteroatoms. The Morgan fingerprint density at radius 1 is 1.12 bits per heavy atom. The first kappa shape index (κ1) is 19.3. The third-order valence-electron chi connectivity index (χ3n) is 3.41. The Labute approximate surface area is 151 Å². The molecule has 0 spiro atoms. The van der Waals surface area contributed by atoms with E-state index in [1.807, 2.05) is 0 Å². The fourth-order valence-electron chi connectivity index (χ4n) is 1.95. The molecule has 0 aliphatic heterocycles. The van der Waals surface area contributed by atoms with Crippen LogP contribution in [0.3, 0.4) is 0 Å². The van der Waals surface area contributed by atoms with Gasteiger partial charge in [-0.15, -0.1) is 0 Å². The highest BCUT2D eigenvalue weighted by molar-refractivity contribution is 7.92. The highest BCUT2D eigenvalue weighted by atomic mass is 32.2. The van der Waals surface area contributed by atoms with Crippen LogP contribution in [0.15, 0.2) is 53.4 Å². The maximum Gasteiger partial charge on any atom is 0.338 e. The van der Waals surface area contributed by atoms with E-state index in [9.17, 15) is 18.0 Å². The Kier molecular flexibility index (Phi) is 5.83. The number of hydrogen-bond donors (Lipinski definition) is 2. The van der Waals surface area contributed by atoms with Gasteiger partial charge in [-0.2, -0.15) is 0 Å². The smallest absolute Gasteiger partial charge is 0.338 e. The van der Waals surface area contributed by atoms with E-state index < -0.39 is 28.0 Å². The molecule has 26 heavy (non-hydrogen) atoms. The van der Waals surface area contributed by atoms with Crippen LogP contribution >= 0.6 is 0 Å². The summed E-state index contributed by atoms with van der Waals surface area (Å²) < 4.78 is 37.3. The van der Waals surface area contributed by atoms with Crippen LogP contribution in [0.5, 0.6) is 5.75 Å². The maximum absolute atomic E-state index is 12.5. The molecule has 0 saturated carbocycles. The summed E-state index contributed by atoms with van der Waals surface area (Å²) in [6, 6.07) is 11.6. The molecule has 2 aromatic carbocycles. The van der Waals surface area contributed by atoms with Gasteiger partial charge in [-0.3, -0.25) is 9.52 Å². The average molecular weight is 378 g/mol. The van der Waals surface area contributed by atoms with E-state index in [2.05, 4.69) is 4.72 Å². The van der Waals surface area contributed by atoms with E-state index >= 15 is 0 Å². The van der Waals surface area contributed by atoms with E-state index in [0.29, 0.717) is 11.4 Å². The molecule has 1 atom stereocenters. The lowest BCUT2D eigenvalue weighted by Crippen LogP contribution is -2.30. The number of nitrogens with one attached hydrogen (secondary N) is 1. The molecule has 0 unspecified atom stereocenters. The van der Waals surface area contributed by atoms with Gasteiger partial charge in [0.15, 0.2) is 6.10 Å². The van der Waals surface area contributed by atoms with E-state index in [-0.39, 0.29) is 10.5 Å². The lowest BCUT2D eigenvalue weighted by molar-refractivity contribution is -0.125. The Morgan fingerprint density at radius 2 is 1.77 bits per heavy atom. The summed E-state index contributed by atoms with van der Waals surface area (Å²) in [4.78, 5) is 22.8. The number of esters is 1. The molecule has 138 valence electrons. The largest absolute Gasteiger partial charge is 0.497 e. The Morgan fingerprint density at radius 3 is 2.35 bits per heavy atom. The molecule has 2 aromatic rings. The number of primary amides is 1. The highest BCUT2D eigenvalue weighted by Gasteiger charge is 2.20. The van der Waals surface area contributed by atoms with Crippen molar-refractivity contribution in [1.82, 2.24) is 0 Å². The van der Waals surface area contributed by atoms with Crippen LogP contribution in [0.2, 0.25) is 0 Å². The molecule has 3 N–H and O–H groups in total. The van der Waals surface area contributed by atoms with Gasteiger partial charge in [-0.25, -0.2) is 13.2 Å². The van der Waals surface area contributed by atoms with Crippen LogP contribution in [0, 0.1) is 0 Å². The molecule has 1 amide bonds. The lowest BCUT2D eigenvalue weighted by Gasteiger charge is -2.11. The standard InChI is InChI=1S/C17H18N2O6S/c1-11(16(18)20)25-17(21)12-4-3-5-15(10-12)26(22,23)19-13-6-8-14(24-2)9-7-13/h3-11,19H,1-2H3,(H2,18,20)/t11-/m1/s1. The summed E-state index contributed by atoms with van der Waals surface area (Å²) in [5.74, 6) is -1.07. The maximum atomic E-state index is 12.5. The zero-order valence-corrected chi connectivity index (χ0v) is 14.9. The minimum absolute atomic E-state index is 0.0179. The van der Waals surface area contributed by atoms with Gasteiger partial charge in [0.2, 0.25) is 0 Å². The number of sulfonamides is 1. The Balaban J connectivity index is 2.21. The van der Waals surface area contributed by atoms with Gasteiger partial charge in [0.1, 0.15) is 5.75 Å². The predicted molar refractivity (Wildman–Crippen MR) is 94.3 cm³/mol. The Hall–Kier alpha value is -3.07. The number of amides is 1. The van der Waals surface area contributed by atoms with E-state index in [1.165, 1.54) is 32.2 Å². The number of methoxy groups -OCH3 is 1. The minimum atomic E-state index is -3.92. The number of benzene rings is 2. The topological polar surface area (TPSA) is 125 Å². The van der Waals surface area contributed by atoms with Crippen molar-refractivity contribution in [2.45, 2.75) is 17.9 Å². The van der Waals surface area contributed by atoms with Crippen molar-refractivity contribution in [2.24, 2.45) is 5.73 Å². The first-order valence-electron chi connectivity index (χ1n) is 7.50. The van der Waals surface area contributed by atoms with Crippen molar-refractivity contribution < 1.29 is 27.5 Å². The second-order valence-corrected chi connectivity index (χ2v) is 6.99. The van der Waals surface area contributed by atoms with Crippen LogP contribution in [-0.2, 0) is 19.6 Å². The first-order chi connectivity index (χ1) is 12.2. The van der Waals surface area contributed by atoms with Gasteiger partial charge in [0.25, 0.3) is 15.9 Å². The van der Waals surface area contributed by atoms with Crippen LogP contribution < -0.4 is 15.2 Å². The lowest BCUT2D eigenvalue weighted by atomic mass is 10.2. The van der Waals surface area contributed by atoms with Gasteiger partial charge in [-0.1, -0.05) is 6.07 Å². The third kappa shape index (κ3) is 4.73. The van der Waals surface area contributed by atoms with Gasteiger partial charge in [0.05, 0.1) is 17.6 Å². The van der Waals surface area contributed by atoms with Crippen LogP contribution in [0.1, 0.15) is 17.3 Å². The van der Waals surface area contributed by atoms with Crippen LogP contribution in [-0.4, -0.2) is 33.5 Å². The van der Waals surface area contributed by atoms with E-state index in [0.717, 1.165) is 6.07 Å². The molecule has 0 aliphatic rings. The van der Waals surface area contributed by atoms with Crippen LogP contribution in [0.4, 0.5) is 5.69 Å². The second-order valence-electron chi connectivity index (χ2n) is 5.31. The zero-order valence-electron chi connectivity index (χ0n) is 14.1. The molecular formula is C17H18N2O6S. The van der Waals surface area contributed by atoms with Crippen molar-refractivity contribution in [3.63, 3.8) is 0 Å². The third-order valence-corrected chi connectivity index (χ3v) is 4.79. The summed E-state index contributed by atoms with van der Waals surface area (Å²) in [7, 11) is -2.42. The summed E-state index contributed by atoms with van der Waals surface area (Å²) in [5, 5.41) is 0. The minimum Gasteiger partial charge on any atom is -0.497 e. The van der Waals surface area contributed by atoms with Gasteiger partial charge < -0.3 is 15.2 Å². The van der Waals surface area contributed by atoms with Crippen molar-refractivity contribution >= 4 is 27.6 Å². The first-order valence-corrected chi connectivity index (χ1v) is 8.98. The predicted octanol–water partition coefficient (Wildman–Crippen LogP) is 1.53. The van der Waals surface area contributed by atoms with E-state index in [4.69, 9.17) is 15.2 Å². The number of carbonyl (C=O) groups excluding carboxylic acids is 2. The number of carbonyl (C=O) groups is 2. The molecule has 0 bridgehead atoms.